The van der Waals surface area contributed by atoms with Gasteiger partial charge in [-0.05, 0) is 5.92 Å². The van der Waals surface area contributed by atoms with Crippen LogP contribution in [0.25, 0.3) is 0 Å². The van der Waals surface area contributed by atoms with Crippen molar-refractivity contribution in [2.24, 2.45) is 5.92 Å². The maximum absolute atomic E-state index is 5.26. The van der Waals surface area contributed by atoms with Gasteiger partial charge in [-0.1, -0.05) is 12.1 Å². The summed E-state index contributed by atoms with van der Waals surface area (Å²) < 4.78 is 10.4. The van der Waals surface area contributed by atoms with Crippen molar-refractivity contribution in [1.82, 2.24) is 20.4 Å². The molecule has 1 unspecified atom stereocenters. The van der Waals surface area contributed by atoms with Crippen LogP contribution in [0.5, 0.6) is 0 Å². The van der Waals surface area contributed by atoms with Crippen LogP contribution < -0.4 is 5.32 Å². The molecule has 1 fully saturated rings. The molecule has 0 amide bonds. The van der Waals surface area contributed by atoms with Crippen LogP contribution in [0, 0.1) is 5.92 Å². The van der Waals surface area contributed by atoms with Crippen molar-refractivity contribution in [1.29, 1.82) is 0 Å². The first kappa shape index (κ1) is 13.5. The normalized spacial score (nSPS) is 19.0. The molecule has 0 aromatic carbocycles. The fourth-order valence-corrected chi connectivity index (χ4v) is 2.15. The van der Waals surface area contributed by atoms with Gasteiger partial charge < -0.3 is 14.6 Å². The molecule has 2 rings (SSSR count). The van der Waals surface area contributed by atoms with Crippen molar-refractivity contribution in [3.8, 4) is 0 Å². The predicted molar refractivity (Wildman–Crippen MR) is 67.2 cm³/mol. The molecule has 0 radical (unpaired) electrons. The molecule has 0 bridgehead atoms. The first-order chi connectivity index (χ1) is 8.78. The standard InChI is InChI=1S/C12H22N4O2/c1-10(9-17-2)7-12-14-11(15-18-12)8-16-5-3-13-4-6-16/h10,13H,3-9H2,1-2H3. The van der Waals surface area contributed by atoms with Gasteiger partial charge in [0.25, 0.3) is 0 Å². The highest BCUT2D eigenvalue weighted by Gasteiger charge is 2.15. The lowest BCUT2D eigenvalue weighted by molar-refractivity contribution is 0.155. The fourth-order valence-electron chi connectivity index (χ4n) is 2.15. The molecule has 6 heteroatoms. The molecule has 102 valence electrons. The molecule has 18 heavy (non-hydrogen) atoms. The molecule has 1 aliphatic heterocycles. The lowest BCUT2D eigenvalue weighted by Gasteiger charge is -2.25. The second-order valence-electron chi connectivity index (χ2n) is 4.90. The van der Waals surface area contributed by atoms with E-state index in [1.165, 1.54) is 0 Å². The molecular formula is C12H22N4O2. The topological polar surface area (TPSA) is 63.4 Å². The summed E-state index contributed by atoms with van der Waals surface area (Å²) in [4.78, 5) is 6.77. The van der Waals surface area contributed by atoms with Gasteiger partial charge in [-0.3, -0.25) is 4.90 Å². The molecule has 0 aliphatic carbocycles. The van der Waals surface area contributed by atoms with Gasteiger partial charge in [0.05, 0.1) is 6.54 Å². The summed E-state index contributed by atoms with van der Waals surface area (Å²) >= 11 is 0. The van der Waals surface area contributed by atoms with Crippen LogP contribution in [0.15, 0.2) is 4.52 Å². The van der Waals surface area contributed by atoms with Crippen LogP contribution in [0.3, 0.4) is 0 Å². The van der Waals surface area contributed by atoms with Crippen LogP contribution >= 0.6 is 0 Å². The van der Waals surface area contributed by atoms with E-state index in [4.69, 9.17) is 9.26 Å². The number of piperazine rings is 1. The second-order valence-corrected chi connectivity index (χ2v) is 4.90. The average Bonchev–Trinajstić information content (AvgIpc) is 2.78. The Morgan fingerprint density at radius 2 is 2.22 bits per heavy atom. The first-order valence-corrected chi connectivity index (χ1v) is 6.51. The molecule has 1 aromatic heterocycles. The van der Waals surface area contributed by atoms with Crippen molar-refractivity contribution in [3.05, 3.63) is 11.7 Å². The second kappa shape index (κ2) is 6.82. The van der Waals surface area contributed by atoms with E-state index in [9.17, 15) is 0 Å². The third-order valence-corrected chi connectivity index (χ3v) is 3.06. The van der Waals surface area contributed by atoms with Crippen LogP contribution in [0.1, 0.15) is 18.6 Å². The van der Waals surface area contributed by atoms with Crippen molar-refractivity contribution < 1.29 is 9.26 Å². The molecular weight excluding hydrogens is 232 g/mol. The van der Waals surface area contributed by atoms with E-state index in [1.54, 1.807) is 7.11 Å². The summed E-state index contributed by atoms with van der Waals surface area (Å²) in [5.41, 5.74) is 0. The van der Waals surface area contributed by atoms with E-state index in [1.807, 2.05) is 0 Å². The number of nitrogens with zero attached hydrogens (tertiary/aromatic N) is 3. The van der Waals surface area contributed by atoms with Crippen molar-refractivity contribution in [2.45, 2.75) is 19.9 Å². The number of methoxy groups -OCH3 is 1. The summed E-state index contributed by atoms with van der Waals surface area (Å²) in [5, 5.41) is 7.36. The van der Waals surface area contributed by atoms with Gasteiger partial charge in [0.1, 0.15) is 0 Å². The molecule has 1 aliphatic rings. The Morgan fingerprint density at radius 3 is 2.94 bits per heavy atom. The number of hydrogen-bond donors (Lipinski definition) is 1. The maximum Gasteiger partial charge on any atom is 0.227 e. The van der Waals surface area contributed by atoms with E-state index < -0.39 is 0 Å². The zero-order valence-electron chi connectivity index (χ0n) is 11.2. The molecule has 1 N–H and O–H groups in total. The number of rotatable bonds is 6. The van der Waals surface area contributed by atoms with E-state index in [-0.39, 0.29) is 0 Å². The summed E-state index contributed by atoms with van der Waals surface area (Å²) in [5.74, 6) is 1.91. The number of hydrogen-bond acceptors (Lipinski definition) is 6. The Labute approximate surface area is 108 Å². The Morgan fingerprint density at radius 1 is 1.44 bits per heavy atom. The first-order valence-electron chi connectivity index (χ1n) is 6.51. The summed E-state index contributed by atoms with van der Waals surface area (Å²) in [6.45, 7) is 7.78. The molecule has 2 heterocycles. The minimum absolute atomic E-state index is 0.405. The molecule has 1 atom stereocenters. The number of ether oxygens (including phenoxy) is 1. The summed E-state index contributed by atoms with van der Waals surface area (Å²) in [6, 6.07) is 0. The van der Waals surface area contributed by atoms with Gasteiger partial charge in [-0.2, -0.15) is 4.98 Å². The maximum atomic E-state index is 5.26. The van der Waals surface area contributed by atoms with E-state index in [0.717, 1.165) is 51.6 Å². The van der Waals surface area contributed by atoms with Gasteiger partial charge >= 0.3 is 0 Å². The van der Waals surface area contributed by atoms with Gasteiger partial charge in [0.2, 0.25) is 5.89 Å². The van der Waals surface area contributed by atoms with Crippen LogP contribution in [0.4, 0.5) is 0 Å². The zero-order valence-corrected chi connectivity index (χ0v) is 11.2. The monoisotopic (exact) mass is 254 g/mol. The van der Waals surface area contributed by atoms with Gasteiger partial charge in [-0.25, -0.2) is 0 Å². The fraction of sp³-hybridized carbons (Fsp3) is 0.833. The Hall–Kier alpha value is -0.980. The van der Waals surface area contributed by atoms with Crippen molar-refractivity contribution >= 4 is 0 Å². The largest absolute Gasteiger partial charge is 0.384 e. The van der Waals surface area contributed by atoms with Crippen LogP contribution in [0.2, 0.25) is 0 Å². The summed E-state index contributed by atoms with van der Waals surface area (Å²) in [7, 11) is 1.71. The lowest BCUT2D eigenvalue weighted by Crippen LogP contribution is -2.43. The third-order valence-electron chi connectivity index (χ3n) is 3.06. The van der Waals surface area contributed by atoms with Crippen LogP contribution in [-0.4, -0.2) is 54.9 Å². The summed E-state index contributed by atoms with van der Waals surface area (Å²) in [6.07, 6.45) is 0.780. The molecule has 1 aromatic rings. The third kappa shape index (κ3) is 4.04. The van der Waals surface area contributed by atoms with E-state index >= 15 is 0 Å². The van der Waals surface area contributed by atoms with E-state index in [0.29, 0.717) is 11.8 Å². The Kier molecular flexibility index (Phi) is 5.10. The lowest BCUT2D eigenvalue weighted by atomic mass is 10.1. The van der Waals surface area contributed by atoms with Crippen molar-refractivity contribution in [2.75, 3.05) is 39.9 Å². The molecule has 0 saturated carbocycles. The number of aromatic nitrogens is 2. The highest BCUT2D eigenvalue weighted by Crippen LogP contribution is 2.08. The zero-order chi connectivity index (χ0) is 12.8. The molecule has 6 nitrogen and oxygen atoms in total. The molecule has 1 saturated heterocycles. The highest BCUT2D eigenvalue weighted by molar-refractivity contribution is 4.88. The SMILES string of the molecule is COCC(C)Cc1nc(CN2CCNCC2)no1. The smallest absolute Gasteiger partial charge is 0.227 e. The van der Waals surface area contributed by atoms with Gasteiger partial charge in [-0.15, -0.1) is 0 Å². The quantitative estimate of drug-likeness (QED) is 0.788. The van der Waals surface area contributed by atoms with Crippen molar-refractivity contribution in [3.63, 3.8) is 0 Å². The molecule has 0 spiro atoms. The predicted octanol–water partition coefficient (Wildman–Crippen LogP) is 0.300. The van der Waals surface area contributed by atoms with Gasteiger partial charge in [0, 0.05) is 46.3 Å². The Balaban J connectivity index is 1.81. The minimum Gasteiger partial charge on any atom is -0.384 e. The van der Waals surface area contributed by atoms with Gasteiger partial charge in [0.15, 0.2) is 5.82 Å². The van der Waals surface area contributed by atoms with Crippen LogP contribution in [-0.2, 0) is 17.7 Å². The minimum atomic E-state index is 0.405. The Bertz CT molecular complexity index is 350. The highest BCUT2D eigenvalue weighted by atomic mass is 16.5. The van der Waals surface area contributed by atoms with E-state index in [2.05, 4.69) is 27.3 Å². The number of nitrogens with one attached hydrogen (secondary N) is 1. The average molecular weight is 254 g/mol.